The van der Waals surface area contributed by atoms with Crippen LogP contribution in [0.1, 0.15) is 6.42 Å². The fourth-order valence-corrected chi connectivity index (χ4v) is 2.15. The van der Waals surface area contributed by atoms with Crippen LogP contribution in [-0.2, 0) is 4.79 Å². The van der Waals surface area contributed by atoms with Crippen LogP contribution >= 0.6 is 11.6 Å². The summed E-state index contributed by atoms with van der Waals surface area (Å²) in [4.78, 5) is 22.9. The van der Waals surface area contributed by atoms with Crippen molar-refractivity contribution in [1.82, 2.24) is 0 Å². The molecule has 0 radical (unpaired) electrons. The molecule has 1 saturated heterocycles. The Bertz CT molecular complexity index is 509. The van der Waals surface area contributed by atoms with Crippen LogP contribution in [0.4, 0.5) is 15.8 Å². The highest BCUT2D eigenvalue weighted by molar-refractivity contribution is 6.18. The summed E-state index contributed by atoms with van der Waals surface area (Å²) in [7, 11) is 0. The Morgan fingerprint density at radius 2 is 2.28 bits per heavy atom. The summed E-state index contributed by atoms with van der Waals surface area (Å²) in [6.07, 6.45) is 0.314. The average Bonchev–Trinajstić information content (AvgIpc) is 2.71. The predicted molar refractivity (Wildman–Crippen MR) is 64.2 cm³/mol. The Labute approximate surface area is 107 Å². The van der Waals surface area contributed by atoms with Gasteiger partial charge in [0, 0.05) is 24.9 Å². The monoisotopic (exact) mass is 272 g/mol. The zero-order valence-corrected chi connectivity index (χ0v) is 10.1. The molecule has 0 bridgehead atoms. The van der Waals surface area contributed by atoms with E-state index in [1.165, 1.54) is 11.0 Å². The zero-order valence-electron chi connectivity index (χ0n) is 9.31. The Balaban J connectivity index is 2.32. The summed E-state index contributed by atoms with van der Waals surface area (Å²) in [5, 5.41) is 10.6. The van der Waals surface area contributed by atoms with E-state index in [4.69, 9.17) is 11.6 Å². The van der Waals surface area contributed by atoms with Crippen molar-refractivity contribution in [3.63, 3.8) is 0 Å². The minimum Gasteiger partial charge on any atom is -0.312 e. The normalized spacial score (nSPS) is 19.3. The van der Waals surface area contributed by atoms with Crippen LogP contribution < -0.4 is 4.90 Å². The van der Waals surface area contributed by atoms with E-state index in [-0.39, 0.29) is 11.8 Å². The molecule has 96 valence electrons. The summed E-state index contributed by atoms with van der Waals surface area (Å²) in [5.41, 5.74) is -0.296. The van der Waals surface area contributed by atoms with Gasteiger partial charge in [-0.25, -0.2) is 0 Å². The zero-order chi connectivity index (χ0) is 13.3. The molecule has 7 heteroatoms. The Kier molecular flexibility index (Phi) is 3.47. The lowest BCUT2D eigenvalue weighted by atomic mass is 10.1. The molecule has 0 saturated carbocycles. The number of hydrogen-bond acceptors (Lipinski definition) is 3. The number of carbonyl (C=O) groups excluding carboxylic acids is 1. The van der Waals surface area contributed by atoms with Crippen LogP contribution in [0, 0.1) is 21.8 Å². The smallest absolute Gasteiger partial charge is 0.306 e. The SMILES string of the molecule is O=C1CC(CCl)CN1c1ccc(F)c([N+](=O)[O-])c1. The number of nitrogens with zero attached hydrogens (tertiary/aromatic N) is 2. The van der Waals surface area contributed by atoms with Crippen LogP contribution in [0.5, 0.6) is 0 Å². The molecular weight excluding hydrogens is 263 g/mol. The Hall–Kier alpha value is -1.69. The highest BCUT2D eigenvalue weighted by atomic mass is 35.5. The average molecular weight is 273 g/mol. The third-order valence-corrected chi connectivity index (χ3v) is 3.30. The van der Waals surface area contributed by atoms with Crippen molar-refractivity contribution in [1.29, 1.82) is 0 Å². The first-order chi connectivity index (χ1) is 8.52. The number of nitro benzene ring substituents is 1. The summed E-state index contributed by atoms with van der Waals surface area (Å²) < 4.78 is 13.2. The number of nitro groups is 1. The first-order valence-electron chi connectivity index (χ1n) is 5.33. The van der Waals surface area contributed by atoms with Crippen molar-refractivity contribution in [3.05, 3.63) is 34.1 Å². The van der Waals surface area contributed by atoms with E-state index in [1.54, 1.807) is 0 Å². The molecule has 18 heavy (non-hydrogen) atoms. The molecule has 1 aromatic carbocycles. The van der Waals surface area contributed by atoms with Gasteiger partial charge in [-0.3, -0.25) is 14.9 Å². The van der Waals surface area contributed by atoms with Gasteiger partial charge < -0.3 is 4.90 Å². The van der Waals surface area contributed by atoms with E-state index in [0.717, 1.165) is 12.1 Å². The minimum absolute atomic E-state index is 0.0308. The number of amides is 1. The standard InChI is InChI=1S/C11H10ClFN2O3/c12-5-7-3-11(16)14(6-7)8-1-2-9(13)10(4-8)15(17)18/h1-2,4,7H,3,5-6H2. The van der Waals surface area contributed by atoms with Gasteiger partial charge in [-0.05, 0) is 18.1 Å². The molecule has 1 fully saturated rings. The third kappa shape index (κ3) is 2.28. The fourth-order valence-electron chi connectivity index (χ4n) is 1.94. The van der Waals surface area contributed by atoms with Crippen molar-refractivity contribution in [2.24, 2.45) is 5.92 Å². The fraction of sp³-hybridized carbons (Fsp3) is 0.364. The van der Waals surface area contributed by atoms with E-state index in [1.807, 2.05) is 0 Å². The van der Waals surface area contributed by atoms with Crippen molar-refractivity contribution in [3.8, 4) is 0 Å². The molecule has 1 aliphatic rings. The van der Waals surface area contributed by atoms with Crippen molar-refractivity contribution >= 4 is 28.9 Å². The first kappa shape index (κ1) is 12.8. The number of alkyl halides is 1. The van der Waals surface area contributed by atoms with Crippen LogP contribution in [0.3, 0.4) is 0 Å². The molecule has 1 aliphatic heterocycles. The number of benzene rings is 1. The molecule has 1 amide bonds. The van der Waals surface area contributed by atoms with Gasteiger partial charge in [-0.15, -0.1) is 11.6 Å². The summed E-state index contributed by atoms with van der Waals surface area (Å²) in [5.74, 6) is -0.681. The predicted octanol–water partition coefficient (Wildman–Crippen LogP) is 2.33. The number of halogens is 2. The molecule has 0 aliphatic carbocycles. The van der Waals surface area contributed by atoms with E-state index in [2.05, 4.69) is 0 Å². The van der Waals surface area contributed by atoms with Gasteiger partial charge in [0.2, 0.25) is 11.7 Å². The highest BCUT2D eigenvalue weighted by Gasteiger charge is 2.31. The van der Waals surface area contributed by atoms with E-state index in [0.29, 0.717) is 24.5 Å². The quantitative estimate of drug-likeness (QED) is 0.482. The Morgan fingerprint density at radius 3 is 2.83 bits per heavy atom. The molecular formula is C11H10ClFN2O3. The summed E-state index contributed by atoms with van der Waals surface area (Å²) in [6.45, 7) is 0.408. The maximum absolute atomic E-state index is 13.2. The van der Waals surface area contributed by atoms with Gasteiger partial charge in [-0.1, -0.05) is 0 Å². The third-order valence-electron chi connectivity index (χ3n) is 2.86. The molecule has 2 rings (SSSR count). The topological polar surface area (TPSA) is 63.5 Å². The van der Waals surface area contributed by atoms with E-state index in [9.17, 15) is 19.3 Å². The second-order valence-electron chi connectivity index (χ2n) is 4.12. The van der Waals surface area contributed by atoms with Crippen LogP contribution in [0.15, 0.2) is 18.2 Å². The van der Waals surface area contributed by atoms with Gasteiger partial charge in [0.15, 0.2) is 0 Å². The van der Waals surface area contributed by atoms with E-state index < -0.39 is 16.4 Å². The van der Waals surface area contributed by atoms with Gasteiger partial charge in [0.25, 0.3) is 0 Å². The summed E-state index contributed by atoms with van der Waals surface area (Å²) in [6, 6.07) is 3.43. The maximum Gasteiger partial charge on any atom is 0.306 e. The van der Waals surface area contributed by atoms with Crippen LogP contribution in [0.25, 0.3) is 0 Å². The van der Waals surface area contributed by atoms with Crippen molar-refractivity contribution in [2.45, 2.75) is 6.42 Å². The Morgan fingerprint density at radius 1 is 1.56 bits per heavy atom. The van der Waals surface area contributed by atoms with Gasteiger partial charge >= 0.3 is 5.69 Å². The lowest BCUT2D eigenvalue weighted by molar-refractivity contribution is -0.387. The first-order valence-corrected chi connectivity index (χ1v) is 5.86. The summed E-state index contributed by atoms with van der Waals surface area (Å²) >= 11 is 5.69. The largest absolute Gasteiger partial charge is 0.312 e. The van der Waals surface area contributed by atoms with E-state index >= 15 is 0 Å². The molecule has 0 spiro atoms. The minimum atomic E-state index is -0.913. The number of anilines is 1. The molecule has 1 heterocycles. The highest BCUT2D eigenvalue weighted by Crippen LogP contribution is 2.29. The lowest BCUT2D eigenvalue weighted by Gasteiger charge is -2.16. The number of hydrogen-bond donors (Lipinski definition) is 0. The molecule has 0 N–H and O–H groups in total. The molecule has 0 aromatic heterocycles. The number of rotatable bonds is 3. The molecule has 1 aromatic rings. The van der Waals surface area contributed by atoms with Crippen LogP contribution in [0.2, 0.25) is 0 Å². The van der Waals surface area contributed by atoms with Gasteiger partial charge in [0.1, 0.15) is 0 Å². The second kappa shape index (κ2) is 4.89. The van der Waals surface area contributed by atoms with Gasteiger partial charge in [0.05, 0.1) is 10.6 Å². The van der Waals surface area contributed by atoms with Crippen molar-refractivity contribution < 1.29 is 14.1 Å². The molecule has 1 unspecified atom stereocenters. The molecule has 5 nitrogen and oxygen atoms in total. The van der Waals surface area contributed by atoms with Gasteiger partial charge in [-0.2, -0.15) is 4.39 Å². The maximum atomic E-state index is 13.2. The lowest BCUT2D eigenvalue weighted by Crippen LogP contribution is -2.24. The van der Waals surface area contributed by atoms with Crippen LogP contribution in [-0.4, -0.2) is 23.3 Å². The second-order valence-corrected chi connectivity index (χ2v) is 4.43. The number of carbonyl (C=O) groups is 1. The molecule has 1 atom stereocenters. The van der Waals surface area contributed by atoms with Crippen molar-refractivity contribution in [2.75, 3.05) is 17.3 Å².